The van der Waals surface area contributed by atoms with Gasteiger partial charge in [-0.05, 0) is 12.8 Å². The van der Waals surface area contributed by atoms with Gasteiger partial charge in [-0.1, -0.05) is 12.8 Å². The summed E-state index contributed by atoms with van der Waals surface area (Å²) < 4.78 is 19.5. The van der Waals surface area contributed by atoms with Crippen LogP contribution in [0.25, 0.3) is 0 Å². The van der Waals surface area contributed by atoms with Gasteiger partial charge in [-0.25, -0.2) is 0 Å². The van der Waals surface area contributed by atoms with Crippen LogP contribution in [-0.2, 0) is 13.6 Å². The maximum absolute atomic E-state index is 10.5. The maximum atomic E-state index is 10.5. The van der Waals surface area contributed by atoms with E-state index in [2.05, 4.69) is 9.05 Å². The first-order valence-electron chi connectivity index (χ1n) is 4.30. The molecule has 0 aromatic rings. The van der Waals surface area contributed by atoms with Gasteiger partial charge in [0.15, 0.2) is 9.03 Å². The summed E-state index contributed by atoms with van der Waals surface area (Å²) in [6, 6.07) is 0. The molecule has 0 radical (unpaired) electrons. The normalized spacial score (nSPS) is 25.6. The molecule has 14 heavy (non-hydrogen) atoms. The van der Waals surface area contributed by atoms with E-state index < -0.39 is 23.3 Å². The monoisotopic (exact) mass is 244 g/mol. The summed E-state index contributed by atoms with van der Waals surface area (Å²) in [5, 5.41) is 9.75. The number of hydrogen-bond acceptors (Lipinski definition) is 5. The van der Waals surface area contributed by atoms with Crippen LogP contribution in [0.2, 0.25) is 0 Å². The molecule has 0 aliphatic heterocycles. The zero-order valence-corrected chi connectivity index (χ0v) is 9.47. The van der Waals surface area contributed by atoms with Crippen molar-refractivity contribution in [2.24, 2.45) is 5.92 Å². The Morgan fingerprint density at radius 3 is 2.43 bits per heavy atom. The Kier molecular flexibility index (Phi) is 4.94. The Labute approximate surface area is 84.1 Å². The SMILES string of the molecule is O=[PH](O)OC(O)(OPO)C1CCCC1. The van der Waals surface area contributed by atoms with Crippen LogP contribution in [0.4, 0.5) is 0 Å². The molecule has 3 N–H and O–H groups in total. The lowest BCUT2D eigenvalue weighted by molar-refractivity contribution is -0.301. The quantitative estimate of drug-likeness (QED) is 0.487. The predicted octanol–water partition coefficient (Wildman–Crippen LogP) is 0.739. The Bertz CT molecular complexity index is 206. The third-order valence-corrected chi connectivity index (χ3v) is 3.15. The summed E-state index contributed by atoms with van der Waals surface area (Å²) in [6.07, 6.45) is 3.16. The van der Waals surface area contributed by atoms with E-state index in [0.717, 1.165) is 12.8 Å². The van der Waals surface area contributed by atoms with Gasteiger partial charge in [0.25, 0.3) is 5.97 Å². The fraction of sp³-hybridized carbons (Fsp3) is 1.00. The van der Waals surface area contributed by atoms with Crippen molar-refractivity contribution in [2.75, 3.05) is 0 Å². The molecule has 0 aromatic carbocycles. The smallest absolute Gasteiger partial charge is 0.320 e. The molecule has 8 heteroatoms. The van der Waals surface area contributed by atoms with Crippen molar-refractivity contribution < 1.29 is 28.5 Å². The van der Waals surface area contributed by atoms with Gasteiger partial charge in [0.1, 0.15) is 0 Å². The Balaban J connectivity index is 2.63. The van der Waals surface area contributed by atoms with Crippen molar-refractivity contribution in [3.63, 3.8) is 0 Å². The van der Waals surface area contributed by atoms with Crippen LogP contribution >= 0.6 is 17.3 Å². The van der Waals surface area contributed by atoms with Crippen molar-refractivity contribution in [1.29, 1.82) is 0 Å². The second-order valence-electron chi connectivity index (χ2n) is 3.17. The van der Waals surface area contributed by atoms with Gasteiger partial charge in [-0.15, -0.1) is 0 Å². The van der Waals surface area contributed by atoms with Crippen LogP contribution in [0, 0.1) is 5.92 Å². The minimum atomic E-state index is -3.28. The van der Waals surface area contributed by atoms with Crippen molar-refractivity contribution in [1.82, 2.24) is 0 Å². The van der Waals surface area contributed by atoms with Crippen molar-refractivity contribution in [3.8, 4) is 0 Å². The first-order chi connectivity index (χ1) is 6.58. The molecule has 1 saturated carbocycles. The molecule has 0 aromatic heterocycles. The molecule has 3 unspecified atom stereocenters. The van der Waals surface area contributed by atoms with Crippen LogP contribution in [0.5, 0.6) is 0 Å². The summed E-state index contributed by atoms with van der Waals surface area (Å²) in [4.78, 5) is 17.1. The first-order valence-corrected chi connectivity index (χ1v) is 6.42. The van der Waals surface area contributed by atoms with Crippen LogP contribution in [-0.4, -0.2) is 20.9 Å². The molecular formula is C6H14O6P2. The van der Waals surface area contributed by atoms with Gasteiger partial charge in [-0.2, -0.15) is 0 Å². The fourth-order valence-electron chi connectivity index (χ4n) is 1.67. The minimum Gasteiger partial charge on any atom is -0.352 e. The second-order valence-corrected chi connectivity index (χ2v) is 4.30. The third kappa shape index (κ3) is 3.24. The summed E-state index contributed by atoms with van der Waals surface area (Å²) in [5.74, 6) is -2.45. The van der Waals surface area contributed by atoms with Crippen LogP contribution in [0.1, 0.15) is 25.7 Å². The van der Waals surface area contributed by atoms with Gasteiger partial charge in [0, 0.05) is 5.92 Å². The van der Waals surface area contributed by atoms with Gasteiger partial charge in [0.2, 0.25) is 0 Å². The topological polar surface area (TPSA) is 96.2 Å². The lowest BCUT2D eigenvalue weighted by Gasteiger charge is -2.30. The highest BCUT2D eigenvalue weighted by atomic mass is 31.1. The highest BCUT2D eigenvalue weighted by Crippen LogP contribution is 2.42. The summed E-state index contributed by atoms with van der Waals surface area (Å²) in [6.45, 7) is 0. The molecule has 1 rings (SSSR count). The van der Waals surface area contributed by atoms with Gasteiger partial charge in [0.05, 0.1) is 0 Å². The predicted molar refractivity (Wildman–Crippen MR) is 50.8 cm³/mol. The molecule has 0 amide bonds. The average molecular weight is 244 g/mol. The van der Waals surface area contributed by atoms with E-state index in [1.165, 1.54) is 0 Å². The van der Waals surface area contributed by atoms with Gasteiger partial charge < -0.3 is 14.9 Å². The molecule has 0 saturated heterocycles. The van der Waals surface area contributed by atoms with Crippen LogP contribution in [0.3, 0.4) is 0 Å². The molecule has 3 atom stereocenters. The van der Waals surface area contributed by atoms with Crippen molar-refractivity contribution in [3.05, 3.63) is 0 Å². The average Bonchev–Trinajstić information content (AvgIpc) is 2.54. The number of rotatable bonds is 5. The number of aliphatic hydroxyl groups is 1. The number of hydrogen-bond donors (Lipinski definition) is 3. The lowest BCUT2D eigenvalue weighted by atomic mass is 10.1. The van der Waals surface area contributed by atoms with Crippen molar-refractivity contribution in [2.45, 2.75) is 31.7 Å². The van der Waals surface area contributed by atoms with E-state index in [9.17, 15) is 9.67 Å². The minimum absolute atomic E-state index is 0.344. The highest BCUT2D eigenvalue weighted by Gasteiger charge is 2.42. The summed E-state index contributed by atoms with van der Waals surface area (Å²) in [5.41, 5.74) is 0. The van der Waals surface area contributed by atoms with E-state index in [0.29, 0.717) is 12.8 Å². The molecule has 1 fully saturated rings. The van der Waals surface area contributed by atoms with Gasteiger partial charge in [-0.3, -0.25) is 13.6 Å². The van der Waals surface area contributed by atoms with Gasteiger partial charge >= 0.3 is 8.25 Å². The maximum Gasteiger partial charge on any atom is 0.320 e. The highest BCUT2D eigenvalue weighted by molar-refractivity contribution is 7.32. The Hall–Kier alpha value is 0.460. The molecule has 0 heterocycles. The molecule has 1 aliphatic carbocycles. The van der Waals surface area contributed by atoms with E-state index in [4.69, 9.17) is 9.79 Å². The zero-order valence-electron chi connectivity index (χ0n) is 7.47. The Morgan fingerprint density at radius 2 is 2.00 bits per heavy atom. The summed E-state index contributed by atoms with van der Waals surface area (Å²) in [7, 11) is -4.25. The van der Waals surface area contributed by atoms with Crippen LogP contribution in [0.15, 0.2) is 0 Å². The van der Waals surface area contributed by atoms with Crippen molar-refractivity contribution >= 4 is 17.3 Å². The lowest BCUT2D eigenvalue weighted by Crippen LogP contribution is -2.38. The fourth-order valence-corrected chi connectivity index (χ4v) is 2.55. The standard InChI is InChI=1S/C6H14O6P2/c7-6(11-13-8,12-14(9)10)5-3-1-2-4-5/h5,7-8,13-14H,1-4H2,(H,9,10). The molecule has 0 bridgehead atoms. The van der Waals surface area contributed by atoms with Crippen LogP contribution < -0.4 is 0 Å². The van der Waals surface area contributed by atoms with E-state index in [-0.39, 0.29) is 5.92 Å². The third-order valence-electron chi connectivity index (χ3n) is 2.30. The summed E-state index contributed by atoms with van der Waals surface area (Å²) >= 11 is 0. The second kappa shape index (κ2) is 5.52. The van der Waals surface area contributed by atoms with E-state index in [1.54, 1.807) is 0 Å². The molecule has 84 valence electrons. The van der Waals surface area contributed by atoms with E-state index in [1.807, 2.05) is 0 Å². The zero-order chi connectivity index (χ0) is 10.6. The molecule has 0 spiro atoms. The van der Waals surface area contributed by atoms with E-state index >= 15 is 0 Å². The largest absolute Gasteiger partial charge is 0.352 e. The first kappa shape index (κ1) is 12.5. The molecule has 1 aliphatic rings. The Morgan fingerprint density at radius 1 is 1.43 bits per heavy atom. The molecular weight excluding hydrogens is 230 g/mol. The molecule has 6 nitrogen and oxygen atoms in total.